The summed E-state index contributed by atoms with van der Waals surface area (Å²) < 4.78 is 0. The van der Waals surface area contributed by atoms with E-state index in [2.05, 4.69) is 0 Å². The van der Waals surface area contributed by atoms with Crippen LogP contribution in [0.1, 0.15) is 16.8 Å². The zero-order chi connectivity index (χ0) is 12.6. The van der Waals surface area contributed by atoms with Crippen molar-refractivity contribution in [1.29, 1.82) is 0 Å². The van der Waals surface area contributed by atoms with Crippen molar-refractivity contribution in [2.24, 2.45) is 0 Å². The number of β-amino-alcohol motifs (C(OH)–C–C–N with tert-alkyl or cyclic N) is 1. The van der Waals surface area contributed by atoms with Crippen LogP contribution >= 0.6 is 34.8 Å². The van der Waals surface area contributed by atoms with Crippen LogP contribution in [0.3, 0.4) is 0 Å². The van der Waals surface area contributed by atoms with Crippen molar-refractivity contribution in [2.45, 2.75) is 12.5 Å². The topological polar surface area (TPSA) is 40.5 Å². The smallest absolute Gasteiger partial charge is 0.257 e. The number of aliphatic hydroxyl groups excluding tert-OH is 1. The van der Waals surface area contributed by atoms with E-state index in [-0.39, 0.29) is 21.5 Å². The fraction of sp³-hybridized carbons (Fsp3) is 0.364. The number of likely N-dealkylation sites (tertiary alicyclic amines) is 1. The Morgan fingerprint density at radius 1 is 1.29 bits per heavy atom. The van der Waals surface area contributed by atoms with Crippen molar-refractivity contribution in [3.05, 3.63) is 32.8 Å². The molecule has 1 amide bonds. The van der Waals surface area contributed by atoms with Gasteiger partial charge in [0.2, 0.25) is 0 Å². The van der Waals surface area contributed by atoms with Gasteiger partial charge in [-0.25, -0.2) is 0 Å². The predicted octanol–water partition coefficient (Wildman–Crippen LogP) is 2.85. The largest absolute Gasteiger partial charge is 0.391 e. The molecule has 0 aliphatic carbocycles. The monoisotopic (exact) mass is 293 g/mol. The quantitative estimate of drug-likeness (QED) is 0.809. The van der Waals surface area contributed by atoms with Gasteiger partial charge in [-0.3, -0.25) is 4.79 Å². The van der Waals surface area contributed by atoms with E-state index in [0.717, 1.165) is 0 Å². The van der Waals surface area contributed by atoms with Gasteiger partial charge in [0.05, 0.1) is 26.7 Å². The van der Waals surface area contributed by atoms with Gasteiger partial charge in [0.1, 0.15) is 0 Å². The number of hydrogen-bond acceptors (Lipinski definition) is 2. The minimum Gasteiger partial charge on any atom is -0.391 e. The van der Waals surface area contributed by atoms with E-state index in [4.69, 9.17) is 34.8 Å². The van der Waals surface area contributed by atoms with E-state index in [1.165, 1.54) is 11.0 Å². The Hall–Kier alpha value is -0.480. The molecule has 0 radical (unpaired) electrons. The van der Waals surface area contributed by atoms with Gasteiger partial charge in [-0.2, -0.15) is 0 Å². The van der Waals surface area contributed by atoms with Gasteiger partial charge in [0.15, 0.2) is 0 Å². The highest BCUT2D eigenvalue weighted by Crippen LogP contribution is 2.32. The summed E-state index contributed by atoms with van der Waals surface area (Å²) >= 11 is 17.8. The Bertz CT molecular complexity index is 464. The van der Waals surface area contributed by atoms with Crippen LogP contribution in [0.15, 0.2) is 12.1 Å². The van der Waals surface area contributed by atoms with Crippen LogP contribution < -0.4 is 0 Å². The maximum absolute atomic E-state index is 12.2. The molecule has 1 aliphatic rings. The first kappa shape index (κ1) is 13.0. The summed E-state index contributed by atoms with van der Waals surface area (Å²) in [7, 11) is 0. The first-order chi connectivity index (χ1) is 8.00. The van der Waals surface area contributed by atoms with E-state index >= 15 is 0 Å². The van der Waals surface area contributed by atoms with Crippen molar-refractivity contribution in [3.63, 3.8) is 0 Å². The van der Waals surface area contributed by atoms with Crippen LogP contribution in [0.2, 0.25) is 15.1 Å². The third kappa shape index (κ3) is 2.52. The Balaban J connectivity index is 2.34. The number of hydrogen-bond donors (Lipinski definition) is 1. The zero-order valence-electron chi connectivity index (χ0n) is 8.79. The molecular weight excluding hydrogens is 284 g/mol. The number of benzene rings is 1. The van der Waals surface area contributed by atoms with Crippen molar-refractivity contribution in [2.75, 3.05) is 13.1 Å². The second kappa shape index (κ2) is 5.02. The summed E-state index contributed by atoms with van der Waals surface area (Å²) in [5, 5.41) is 10.1. The van der Waals surface area contributed by atoms with E-state index < -0.39 is 6.10 Å². The minimum absolute atomic E-state index is 0.158. The molecule has 0 bridgehead atoms. The van der Waals surface area contributed by atoms with Crippen LogP contribution in [0.5, 0.6) is 0 Å². The SMILES string of the molecule is O=C(c1c(Cl)ccc(Cl)c1Cl)N1CC[C@@H](O)C1. The average Bonchev–Trinajstić information content (AvgIpc) is 2.71. The molecule has 17 heavy (non-hydrogen) atoms. The Morgan fingerprint density at radius 2 is 1.94 bits per heavy atom. The maximum Gasteiger partial charge on any atom is 0.257 e. The van der Waals surface area contributed by atoms with E-state index in [0.29, 0.717) is 24.5 Å². The lowest BCUT2D eigenvalue weighted by atomic mass is 10.2. The molecule has 1 fully saturated rings. The molecule has 1 aliphatic heterocycles. The number of aliphatic hydroxyl groups is 1. The molecule has 0 spiro atoms. The average molecular weight is 295 g/mol. The standard InChI is InChI=1S/C11H10Cl3NO2/c12-7-1-2-8(13)10(14)9(7)11(17)15-4-3-6(16)5-15/h1-2,6,16H,3-5H2/t6-/m1/s1. The number of halogens is 3. The Kier molecular flexibility index (Phi) is 3.83. The molecule has 1 saturated heterocycles. The molecule has 1 aromatic rings. The normalized spacial score (nSPS) is 19.8. The molecule has 0 aromatic heterocycles. The van der Waals surface area contributed by atoms with Gasteiger partial charge < -0.3 is 10.0 Å². The fourth-order valence-corrected chi connectivity index (χ4v) is 2.50. The third-order valence-corrected chi connectivity index (χ3v) is 3.83. The number of amides is 1. The number of nitrogens with zero attached hydrogens (tertiary/aromatic N) is 1. The first-order valence-electron chi connectivity index (χ1n) is 5.11. The minimum atomic E-state index is -0.476. The van der Waals surface area contributed by atoms with Crippen LogP contribution in [-0.2, 0) is 0 Å². The maximum atomic E-state index is 12.2. The molecule has 6 heteroatoms. The molecule has 2 rings (SSSR count). The fourth-order valence-electron chi connectivity index (χ4n) is 1.81. The number of carbonyl (C=O) groups excluding carboxylic acids is 1. The first-order valence-corrected chi connectivity index (χ1v) is 6.25. The van der Waals surface area contributed by atoms with Crippen LogP contribution in [0.4, 0.5) is 0 Å². The lowest BCUT2D eigenvalue weighted by molar-refractivity contribution is 0.0765. The van der Waals surface area contributed by atoms with Crippen LogP contribution in [0, 0.1) is 0 Å². The van der Waals surface area contributed by atoms with Crippen molar-refractivity contribution in [3.8, 4) is 0 Å². The summed E-state index contributed by atoms with van der Waals surface area (Å²) in [4.78, 5) is 13.7. The summed E-state index contributed by atoms with van der Waals surface area (Å²) in [6, 6.07) is 3.08. The number of carbonyl (C=O) groups is 1. The highest BCUT2D eigenvalue weighted by molar-refractivity contribution is 6.46. The second-order valence-corrected chi connectivity index (χ2v) is 5.10. The van der Waals surface area contributed by atoms with Crippen LogP contribution in [0.25, 0.3) is 0 Å². The Labute approximate surface area is 114 Å². The summed E-state index contributed by atoms with van der Waals surface area (Å²) in [5.41, 5.74) is 0.204. The van der Waals surface area contributed by atoms with E-state index in [9.17, 15) is 9.90 Å². The van der Waals surface area contributed by atoms with Gasteiger partial charge in [-0.1, -0.05) is 34.8 Å². The van der Waals surface area contributed by atoms with Gasteiger partial charge >= 0.3 is 0 Å². The third-order valence-electron chi connectivity index (χ3n) is 2.71. The summed E-state index contributed by atoms with van der Waals surface area (Å²) in [6.45, 7) is 0.803. The molecule has 1 heterocycles. The molecule has 1 atom stereocenters. The zero-order valence-corrected chi connectivity index (χ0v) is 11.1. The molecule has 92 valence electrons. The van der Waals surface area contributed by atoms with Gasteiger partial charge in [0, 0.05) is 13.1 Å². The lowest BCUT2D eigenvalue weighted by Gasteiger charge is -2.17. The van der Waals surface area contributed by atoms with Crippen LogP contribution in [-0.4, -0.2) is 35.1 Å². The van der Waals surface area contributed by atoms with Gasteiger partial charge in [-0.15, -0.1) is 0 Å². The second-order valence-electron chi connectivity index (χ2n) is 3.91. The van der Waals surface area contributed by atoms with Gasteiger partial charge in [0.25, 0.3) is 5.91 Å². The predicted molar refractivity (Wildman–Crippen MR) is 68.0 cm³/mol. The van der Waals surface area contributed by atoms with Crippen molar-refractivity contribution in [1.82, 2.24) is 4.90 Å². The van der Waals surface area contributed by atoms with Crippen molar-refractivity contribution < 1.29 is 9.90 Å². The van der Waals surface area contributed by atoms with E-state index in [1.807, 2.05) is 0 Å². The molecule has 3 nitrogen and oxygen atoms in total. The molecular formula is C11H10Cl3NO2. The highest BCUT2D eigenvalue weighted by atomic mass is 35.5. The van der Waals surface area contributed by atoms with Crippen molar-refractivity contribution >= 4 is 40.7 Å². The van der Waals surface area contributed by atoms with Gasteiger partial charge in [-0.05, 0) is 18.6 Å². The Morgan fingerprint density at radius 3 is 2.53 bits per heavy atom. The lowest BCUT2D eigenvalue weighted by Crippen LogP contribution is -2.30. The summed E-state index contributed by atoms with van der Waals surface area (Å²) in [6.07, 6.45) is 0.0948. The highest BCUT2D eigenvalue weighted by Gasteiger charge is 2.28. The molecule has 0 saturated carbocycles. The molecule has 0 unspecified atom stereocenters. The molecule has 1 aromatic carbocycles. The number of rotatable bonds is 1. The summed E-state index contributed by atoms with van der Waals surface area (Å²) in [5.74, 6) is -0.293. The van der Waals surface area contributed by atoms with E-state index in [1.54, 1.807) is 6.07 Å². The molecule has 1 N–H and O–H groups in total.